The maximum Gasteiger partial charge on any atom is 0.184 e. The van der Waals surface area contributed by atoms with Crippen molar-refractivity contribution in [1.82, 2.24) is 29.9 Å². The number of rotatable bonds is 5. The summed E-state index contributed by atoms with van der Waals surface area (Å²) >= 11 is 0. The fourth-order valence-electron chi connectivity index (χ4n) is 3.03. The quantitative estimate of drug-likeness (QED) is 0.777. The smallest absolute Gasteiger partial charge is 0.184 e. The van der Waals surface area contributed by atoms with Crippen LogP contribution in [-0.2, 0) is 17.6 Å². The van der Waals surface area contributed by atoms with Gasteiger partial charge in [-0.05, 0) is 31.4 Å². The summed E-state index contributed by atoms with van der Waals surface area (Å²) < 4.78 is 7.58. The molecular formula is C17H20N6O. The molecule has 3 aromatic rings. The van der Waals surface area contributed by atoms with Crippen LogP contribution in [0.3, 0.4) is 0 Å². The zero-order chi connectivity index (χ0) is 16.4. The fourth-order valence-corrected chi connectivity index (χ4v) is 3.03. The van der Waals surface area contributed by atoms with Crippen LogP contribution >= 0.6 is 0 Å². The molecule has 1 atom stereocenters. The third-order valence-electron chi connectivity index (χ3n) is 4.38. The Hall–Kier alpha value is -2.54. The summed E-state index contributed by atoms with van der Waals surface area (Å²) in [7, 11) is 0. The summed E-state index contributed by atoms with van der Waals surface area (Å²) in [6.07, 6.45) is 8.18. The molecule has 24 heavy (non-hydrogen) atoms. The number of hydrogen-bond donors (Lipinski definition) is 1. The first-order valence-electron chi connectivity index (χ1n) is 8.23. The van der Waals surface area contributed by atoms with Crippen LogP contribution in [0, 0.1) is 6.92 Å². The lowest BCUT2D eigenvalue weighted by Crippen LogP contribution is -2.14. The molecule has 1 aliphatic rings. The third-order valence-corrected chi connectivity index (χ3v) is 4.38. The summed E-state index contributed by atoms with van der Waals surface area (Å²) in [4.78, 5) is 8.97. The first-order chi connectivity index (χ1) is 11.8. The van der Waals surface area contributed by atoms with Crippen LogP contribution in [0.5, 0.6) is 0 Å². The minimum Gasteiger partial charge on any atom is -0.379 e. The standard InChI is InChI=1S/C17H20N6O/c1-12-15(10-19-21-12)17-20-16(5-4-13-3-2-7-18-9-13)23(22-17)14-6-8-24-11-14/h2-3,7,9-10,14H,4-6,8,11H2,1H3,(H,19,21). The summed E-state index contributed by atoms with van der Waals surface area (Å²) in [5.74, 6) is 1.72. The van der Waals surface area contributed by atoms with E-state index in [2.05, 4.69) is 21.2 Å². The van der Waals surface area contributed by atoms with Gasteiger partial charge in [-0.3, -0.25) is 10.1 Å². The number of aromatic amines is 1. The van der Waals surface area contributed by atoms with Crippen LogP contribution in [0.15, 0.2) is 30.7 Å². The van der Waals surface area contributed by atoms with E-state index in [-0.39, 0.29) is 6.04 Å². The molecule has 1 N–H and O–H groups in total. The van der Waals surface area contributed by atoms with E-state index in [0.717, 1.165) is 48.8 Å². The van der Waals surface area contributed by atoms with Gasteiger partial charge in [0.2, 0.25) is 0 Å². The van der Waals surface area contributed by atoms with Gasteiger partial charge in [-0.25, -0.2) is 9.67 Å². The molecule has 4 heterocycles. The average molecular weight is 324 g/mol. The Morgan fingerprint density at radius 3 is 3.00 bits per heavy atom. The minimum atomic E-state index is 0.266. The molecule has 0 spiro atoms. The van der Waals surface area contributed by atoms with Gasteiger partial charge in [0.1, 0.15) is 5.82 Å². The van der Waals surface area contributed by atoms with Gasteiger partial charge in [-0.2, -0.15) is 10.2 Å². The zero-order valence-electron chi connectivity index (χ0n) is 13.6. The molecule has 1 saturated heterocycles. The molecule has 1 unspecified atom stereocenters. The van der Waals surface area contributed by atoms with Gasteiger partial charge in [0.15, 0.2) is 5.82 Å². The van der Waals surface area contributed by atoms with E-state index in [1.54, 1.807) is 12.4 Å². The first-order valence-corrected chi connectivity index (χ1v) is 8.23. The monoisotopic (exact) mass is 324 g/mol. The van der Waals surface area contributed by atoms with Gasteiger partial charge < -0.3 is 4.74 Å². The molecule has 0 aromatic carbocycles. The fraction of sp³-hybridized carbons (Fsp3) is 0.412. The number of H-pyrrole nitrogens is 1. The van der Waals surface area contributed by atoms with Crippen molar-refractivity contribution in [2.45, 2.75) is 32.2 Å². The molecule has 124 valence electrons. The van der Waals surface area contributed by atoms with Crippen molar-refractivity contribution in [1.29, 1.82) is 0 Å². The lowest BCUT2D eigenvalue weighted by molar-refractivity contribution is 0.184. The normalized spacial score (nSPS) is 17.5. The number of aromatic nitrogens is 6. The van der Waals surface area contributed by atoms with E-state index >= 15 is 0 Å². The van der Waals surface area contributed by atoms with Crippen LogP contribution in [0.4, 0.5) is 0 Å². The lowest BCUT2D eigenvalue weighted by atomic mass is 10.1. The van der Waals surface area contributed by atoms with Gasteiger partial charge in [0.25, 0.3) is 0 Å². The minimum absolute atomic E-state index is 0.266. The molecule has 3 aromatic heterocycles. The van der Waals surface area contributed by atoms with Crippen LogP contribution < -0.4 is 0 Å². The SMILES string of the molecule is Cc1[nH]ncc1-c1nc(CCc2cccnc2)n(C2CCOC2)n1. The van der Waals surface area contributed by atoms with E-state index in [1.807, 2.05) is 23.9 Å². The lowest BCUT2D eigenvalue weighted by Gasteiger charge is -2.11. The van der Waals surface area contributed by atoms with Crippen molar-refractivity contribution in [2.75, 3.05) is 13.2 Å². The van der Waals surface area contributed by atoms with Gasteiger partial charge >= 0.3 is 0 Å². The van der Waals surface area contributed by atoms with E-state index < -0.39 is 0 Å². The molecule has 7 nitrogen and oxygen atoms in total. The highest BCUT2D eigenvalue weighted by Crippen LogP contribution is 2.24. The van der Waals surface area contributed by atoms with Crippen LogP contribution in [0.25, 0.3) is 11.4 Å². The van der Waals surface area contributed by atoms with Crippen molar-refractivity contribution in [3.63, 3.8) is 0 Å². The van der Waals surface area contributed by atoms with Crippen molar-refractivity contribution in [2.24, 2.45) is 0 Å². The topological polar surface area (TPSA) is 81.5 Å². The van der Waals surface area contributed by atoms with Crippen molar-refractivity contribution in [3.05, 3.63) is 47.8 Å². The zero-order valence-corrected chi connectivity index (χ0v) is 13.6. The Balaban J connectivity index is 1.63. The maximum absolute atomic E-state index is 5.54. The molecule has 0 amide bonds. The second-order valence-electron chi connectivity index (χ2n) is 6.08. The first kappa shape index (κ1) is 15.0. The molecule has 0 bridgehead atoms. The summed E-state index contributed by atoms with van der Waals surface area (Å²) in [6, 6.07) is 4.32. The Kier molecular flexibility index (Phi) is 4.08. The average Bonchev–Trinajstić information content (AvgIpc) is 3.34. The Labute approximate surface area is 140 Å². The van der Waals surface area contributed by atoms with Crippen molar-refractivity contribution in [3.8, 4) is 11.4 Å². The van der Waals surface area contributed by atoms with Gasteiger partial charge in [0.05, 0.1) is 24.4 Å². The van der Waals surface area contributed by atoms with E-state index in [4.69, 9.17) is 14.8 Å². The highest BCUT2D eigenvalue weighted by Gasteiger charge is 2.24. The number of nitrogens with one attached hydrogen (secondary N) is 1. The van der Waals surface area contributed by atoms with Crippen molar-refractivity contribution < 1.29 is 4.74 Å². The second kappa shape index (κ2) is 6.52. The number of hydrogen-bond acceptors (Lipinski definition) is 5. The largest absolute Gasteiger partial charge is 0.379 e. The molecule has 1 fully saturated rings. The molecule has 0 radical (unpaired) electrons. The molecule has 0 saturated carbocycles. The Bertz CT molecular complexity index is 804. The highest BCUT2D eigenvalue weighted by molar-refractivity contribution is 5.56. The maximum atomic E-state index is 5.54. The third kappa shape index (κ3) is 2.94. The van der Waals surface area contributed by atoms with E-state index in [1.165, 1.54) is 5.56 Å². The van der Waals surface area contributed by atoms with Crippen LogP contribution in [-0.4, -0.2) is 43.2 Å². The summed E-state index contributed by atoms with van der Waals surface area (Å²) in [6.45, 7) is 3.47. The molecular weight excluding hydrogens is 304 g/mol. The predicted octanol–water partition coefficient (Wildman–Crippen LogP) is 2.12. The van der Waals surface area contributed by atoms with Crippen LogP contribution in [0.1, 0.15) is 29.5 Å². The second-order valence-corrected chi connectivity index (χ2v) is 6.08. The van der Waals surface area contributed by atoms with Crippen molar-refractivity contribution >= 4 is 0 Å². The number of nitrogens with zero attached hydrogens (tertiary/aromatic N) is 5. The van der Waals surface area contributed by atoms with E-state index in [9.17, 15) is 0 Å². The molecule has 0 aliphatic carbocycles. The summed E-state index contributed by atoms with van der Waals surface area (Å²) in [5.41, 5.74) is 3.14. The Morgan fingerprint density at radius 1 is 1.33 bits per heavy atom. The number of ether oxygens (including phenoxy) is 1. The van der Waals surface area contributed by atoms with E-state index in [0.29, 0.717) is 6.61 Å². The molecule has 4 rings (SSSR count). The van der Waals surface area contributed by atoms with Gasteiger partial charge in [0, 0.05) is 31.1 Å². The molecule has 1 aliphatic heterocycles. The van der Waals surface area contributed by atoms with Gasteiger partial charge in [-0.15, -0.1) is 0 Å². The van der Waals surface area contributed by atoms with Crippen LogP contribution in [0.2, 0.25) is 0 Å². The Morgan fingerprint density at radius 2 is 2.29 bits per heavy atom. The number of aryl methyl sites for hydroxylation is 3. The highest BCUT2D eigenvalue weighted by atomic mass is 16.5. The van der Waals surface area contributed by atoms with Gasteiger partial charge in [-0.1, -0.05) is 6.07 Å². The predicted molar refractivity (Wildman–Crippen MR) is 88.5 cm³/mol. The summed E-state index contributed by atoms with van der Waals surface area (Å²) in [5, 5.41) is 11.8. The number of pyridine rings is 1. The molecule has 7 heteroatoms.